The number of carbonyl (C=O) groups is 2. The van der Waals surface area contributed by atoms with Gasteiger partial charge in [0, 0.05) is 35.3 Å². The standard InChI is InChI=1S/C23H17FN2O4/c1-30-16-6-4-5-15(13-16)26-20(17-7-2-3-8-18(17)24)19(22(28)23(26)29)21(27)14-9-11-25-12-10-14/h2-13,20,27H,1H3/b21-19+. The Labute approximate surface area is 171 Å². The second-order valence-electron chi connectivity index (χ2n) is 6.63. The molecule has 4 rings (SSSR count). The average Bonchev–Trinajstić information content (AvgIpc) is 3.04. The highest BCUT2D eigenvalue weighted by Gasteiger charge is 2.47. The van der Waals surface area contributed by atoms with Crippen LogP contribution in [0.2, 0.25) is 0 Å². The van der Waals surface area contributed by atoms with Gasteiger partial charge in [-0.3, -0.25) is 19.5 Å². The number of methoxy groups -OCH3 is 1. The molecule has 2 heterocycles. The molecular weight excluding hydrogens is 387 g/mol. The third-order valence-corrected chi connectivity index (χ3v) is 4.93. The summed E-state index contributed by atoms with van der Waals surface area (Å²) in [7, 11) is 1.48. The number of carbonyl (C=O) groups excluding carboxylic acids is 2. The number of aliphatic hydroxyl groups is 1. The van der Waals surface area contributed by atoms with E-state index >= 15 is 0 Å². The maximum atomic E-state index is 14.8. The van der Waals surface area contributed by atoms with E-state index in [2.05, 4.69) is 4.98 Å². The molecule has 2 aromatic carbocycles. The topological polar surface area (TPSA) is 79.7 Å². The summed E-state index contributed by atoms with van der Waals surface area (Å²) < 4.78 is 20.0. The molecule has 7 heteroatoms. The lowest BCUT2D eigenvalue weighted by Gasteiger charge is -2.26. The predicted octanol–water partition coefficient (Wildman–Crippen LogP) is 3.86. The van der Waals surface area contributed by atoms with Gasteiger partial charge in [-0.2, -0.15) is 0 Å². The van der Waals surface area contributed by atoms with Gasteiger partial charge in [-0.05, 0) is 30.3 Å². The normalized spacial score (nSPS) is 17.9. The van der Waals surface area contributed by atoms with Gasteiger partial charge in [0.25, 0.3) is 11.7 Å². The number of amides is 1. The molecule has 1 saturated heterocycles. The number of hydrogen-bond acceptors (Lipinski definition) is 5. The maximum absolute atomic E-state index is 14.8. The van der Waals surface area contributed by atoms with Crippen molar-refractivity contribution in [3.05, 3.63) is 95.6 Å². The van der Waals surface area contributed by atoms with Crippen molar-refractivity contribution in [2.45, 2.75) is 6.04 Å². The Bertz CT molecular complexity index is 1160. The zero-order chi connectivity index (χ0) is 21.3. The monoisotopic (exact) mass is 404 g/mol. The summed E-state index contributed by atoms with van der Waals surface area (Å²) in [6, 6.07) is 14.3. The van der Waals surface area contributed by atoms with Gasteiger partial charge in [0.1, 0.15) is 17.3 Å². The Morgan fingerprint density at radius 1 is 1.07 bits per heavy atom. The van der Waals surface area contributed by atoms with Crippen LogP contribution in [-0.4, -0.2) is 28.9 Å². The second kappa shape index (κ2) is 7.79. The van der Waals surface area contributed by atoms with Crippen LogP contribution in [0, 0.1) is 5.82 Å². The number of ether oxygens (including phenoxy) is 1. The Kier molecular flexibility index (Phi) is 5.02. The third kappa shape index (κ3) is 3.20. The minimum atomic E-state index is -1.15. The highest BCUT2D eigenvalue weighted by atomic mass is 19.1. The van der Waals surface area contributed by atoms with E-state index in [1.54, 1.807) is 30.3 Å². The number of aliphatic hydroxyl groups excluding tert-OH is 1. The van der Waals surface area contributed by atoms with Gasteiger partial charge in [0.15, 0.2) is 0 Å². The summed E-state index contributed by atoms with van der Waals surface area (Å²) in [5.41, 5.74) is 0.544. The van der Waals surface area contributed by atoms with Crippen molar-refractivity contribution < 1.29 is 23.8 Å². The van der Waals surface area contributed by atoms with Crippen molar-refractivity contribution in [2.24, 2.45) is 0 Å². The van der Waals surface area contributed by atoms with Crippen LogP contribution in [0.1, 0.15) is 17.2 Å². The smallest absolute Gasteiger partial charge is 0.300 e. The number of Topliss-reactive ketones (excluding diaryl/α,β-unsaturated/α-hetero) is 1. The number of pyridine rings is 1. The van der Waals surface area contributed by atoms with E-state index in [0.29, 0.717) is 17.0 Å². The van der Waals surface area contributed by atoms with Crippen LogP contribution in [0.25, 0.3) is 5.76 Å². The molecule has 0 radical (unpaired) electrons. The van der Waals surface area contributed by atoms with Crippen molar-refractivity contribution in [3.8, 4) is 5.75 Å². The number of benzene rings is 2. The van der Waals surface area contributed by atoms with E-state index in [4.69, 9.17) is 4.74 Å². The quantitative estimate of drug-likeness (QED) is 0.406. The molecule has 6 nitrogen and oxygen atoms in total. The number of anilines is 1. The minimum Gasteiger partial charge on any atom is -0.507 e. The number of rotatable bonds is 4. The molecule has 0 saturated carbocycles. The molecule has 1 fully saturated rings. The number of nitrogens with zero attached hydrogens (tertiary/aromatic N) is 2. The highest BCUT2D eigenvalue weighted by molar-refractivity contribution is 6.51. The van der Waals surface area contributed by atoms with Gasteiger partial charge in [-0.15, -0.1) is 0 Å². The molecule has 150 valence electrons. The van der Waals surface area contributed by atoms with E-state index in [1.807, 2.05) is 0 Å². The Morgan fingerprint density at radius 3 is 2.50 bits per heavy atom. The van der Waals surface area contributed by atoms with Crippen molar-refractivity contribution >= 4 is 23.1 Å². The van der Waals surface area contributed by atoms with Gasteiger partial charge < -0.3 is 9.84 Å². The molecule has 30 heavy (non-hydrogen) atoms. The lowest BCUT2D eigenvalue weighted by Crippen LogP contribution is -2.29. The molecule has 0 spiro atoms. The molecular formula is C23H17FN2O4. The van der Waals surface area contributed by atoms with Crippen molar-refractivity contribution in [2.75, 3.05) is 12.0 Å². The van der Waals surface area contributed by atoms with Gasteiger partial charge in [0.2, 0.25) is 0 Å². The van der Waals surface area contributed by atoms with Gasteiger partial charge >= 0.3 is 0 Å². The fraction of sp³-hybridized carbons (Fsp3) is 0.0870. The van der Waals surface area contributed by atoms with Crippen LogP contribution in [0.4, 0.5) is 10.1 Å². The number of hydrogen-bond donors (Lipinski definition) is 1. The Hall–Kier alpha value is -4.00. The van der Waals surface area contributed by atoms with Crippen LogP contribution < -0.4 is 9.64 Å². The molecule has 1 aliphatic heterocycles. The summed E-state index contributed by atoms with van der Waals surface area (Å²) in [4.78, 5) is 31.0. The summed E-state index contributed by atoms with van der Waals surface area (Å²) in [5.74, 6) is -2.30. The number of halogens is 1. The van der Waals surface area contributed by atoms with Crippen molar-refractivity contribution in [3.63, 3.8) is 0 Å². The number of ketones is 1. The van der Waals surface area contributed by atoms with Crippen LogP contribution in [0.15, 0.2) is 78.6 Å². The zero-order valence-corrected chi connectivity index (χ0v) is 15.9. The van der Waals surface area contributed by atoms with Gasteiger partial charge in [-0.25, -0.2) is 4.39 Å². The van der Waals surface area contributed by atoms with Crippen LogP contribution in [0.3, 0.4) is 0 Å². The Balaban J connectivity index is 1.98. The first-order chi connectivity index (χ1) is 14.5. The van der Waals surface area contributed by atoms with E-state index < -0.39 is 29.3 Å². The minimum absolute atomic E-state index is 0.0927. The zero-order valence-electron chi connectivity index (χ0n) is 15.9. The van der Waals surface area contributed by atoms with Crippen LogP contribution >= 0.6 is 0 Å². The van der Waals surface area contributed by atoms with E-state index in [9.17, 15) is 19.1 Å². The third-order valence-electron chi connectivity index (χ3n) is 4.93. The molecule has 1 aromatic heterocycles. The summed E-state index contributed by atoms with van der Waals surface area (Å²) >= 11 is 0. The van der Waals surface area contributed by atoms with Crippen LogP contribution in [-0.2, 0) is 9.59 Å². The summed E-state index contributed by atoms with van der Waals surface area (Å²) in [6.45, 7) is 0. The molecule has 1 atom stereocenters. The predicted molar refractivity (Wildman–Crippen MR) is 108 cm³/mol. The first kappa shape index (κ1) is 19.3. The lowest BCUT2D eigenvalue weighted by molar-refractivity contribution is -0.132. The van der Waals surface area contributed by atoms with E-state index in [1.165, 1.54) is 54.7 Å². The maximum Gasteiger partial charge on any atom is 0.300 e. The first-order valence-corrected chi connectivity index (χ1v) is 9.13. The molecule has 1 aliphatic rings. The van der Waals surface area contributed by atoms with E-state index in [0.717, 1.165) is 0 Å². The average molecular weight is 404 g/mol. The summed E-state index contributed by atoms with van der Waals surface area (Å²) in [6.07, 6.45) is 2.90. The van der Waals surface area contributed by atoms with E-state index in [-0.39, 0.29) is 11.1 Å². The van der Waals surface area contributed by atoms with Gasteiger partial charge in [-0.1, -0.05) is 24.3 Å². The Morgan fingerprint density at radius 2 is 1.80 bits per heavy atom. The molecule has 0 aliphatic carbocycles. The second-order valence-corrected chi connectivity index (χ2v) is 6.63. The molecule has 1 unspecified atom stereocenters. The highest BCUT2D eigenvalue weighted by Crippen LogP contribution is 2.43. The fourth-order valence-electron chi connectivity index (χ4n) is 3.52. The van der Waals surface area contributed by atoms with Gasteiger partial charge in [0.05, 0.1) is 18.7 Å². The van der Waals surface area contributed by atoms with Crippen molar-refractivity contribution in [1.82, 2.24) is 4.98 Å². The molecule has 1 N–H and O–H groups in total. The summed E-state index contributed by atoms with van der Waals surface area (Å²) in [5, 5.41) is 10.9. The largest absolute Gasteiger partial charge is 0.507 e. The van der Waals surface area contributed by atoms with Crippen LogP contribution in [0.5, 0.6) is 5.75 Å². The fourth-order valence-corrected chi connectivity index (χ4v) is 3.52. The first-order valence-electron chi connectivity index (χ1n) is 9.13. The molecule has 0 bridgehead atoms. The number of aromatic nitrogens is 1. The van der Waals surface area contributed by atoms with Crippen molar-refractivity contribution in [1.29, 1.82) is 0 Å². The molecule has 1 amide bonds. The lowest BCUT2D eigenvalue weighted by atomic mass is 9.95. The SMILES string of the molecule is COc1cccc(N2C(=O)C(=O)/C(=C(/O)c3ccncc3)C2c2ccccc2F)c1. The molecule has 3 aromatic rings.